The van der Waals surface area contributed by atoms with E-state index in [1.807, 2.05) is 6.92 Å². The third-order valence-corrected chi connectivity index (χ3v) is 5.30. The van der Waals surface area contributed by atoms with Crippen molar-refractivity contribution in [2.75, 3.05) is 13.1 Å². The number of hydrogen-bond acceptors (Lipinski definition) is 2. The van der Waals surface area contributed by atoms with Gasteiger partial charge in [-0.2, -0.15) is 0 Å². The van der Waals surface area contributed by atoms with Gasteiger partial charge < -0.3 is 10.2 Å². The summed E-state index contributed by atoms with van der Waals surface area (Å²) in [6, 6.07) is 3.35. The number of rotatable bonds is 1. The number of likely N-dealkylation sites (tertiary alicyclic amines) is 1. The lowest BCUT2D eigenvalue weighted by Crippen LogP contribution is -2.41. The molecular formula is C16H18Cl2N2O2. The average molecular weight is 341 g/mol. The molecule has 2 amide bonds. The minimum absolute atomic E-state index is 0.0420. The number of hydrogen-bond donors (Lipinski definition) is 1. The largest absolute Gasteiger partial charge is 0.351 e. The van der Waals surface area contributed by atoms with E-state index in [2.05, 4.69) is 5.32 Å². The Kier molecular flexibility index (Phi) is 4.33. The van der Waals surface area contributed by atoms with Crippen LogP contribution >= 0.6 is 23.2 Å². The normalized spacial score (nSPS) is 24.7. The molecule has 22 heavy (non-hydrogen) atoms. The molecule has 0 unspecified atom stereocenters. The van der Waals surface area contributed by atoms with E-state index in [9.17, 15) is 9.59 Å². The predicted molar refractivity (Wildman–Crippen MR) is 86.4 cm³/mol. The highest BCUT2D eigenvalue weighted by Gasteiger charge is 2.34. The Balaban J connectivity index is 1.87. The summed E-state index contributed by atoms with van der Waals surface area (Å²) in [6.07, 6.45) is 2.78. The van der Waals surface area contributed by atoms with Crippen LogP contribution in [0.2, 0.25) is 10.0 Å². The van der Waals surface area contributed by atoms with Crippen molar-refractivity contribution in [3.8, 4) is 0 Å². The summed E-state index contributed by atoms with van der Waals surface area (Å²) in [5, 5.41) is 4.00. The summed E-state index contributed by atoms with van der Waals surface area (Å²) >= 11 is 12.3. The molecule has 0 spiro atoms. The van der Waals surface area contributed by atoms with E-state index >= 15 is 0 Å². The molecule has 3 rings (SSSR count). The van der Waals surface area contributed by atoms with Crippen molar-refractivity contribution in [1.82, 2.24) is 10.2 Å². The van der Waals surface area contributed by atoms with Crippen LogP contribution in [0.5, 0.6) is 0 Å². The summed E-state index contributed by atoms with van der Waals surface area (Å²) in [7, 11) is 0. The van der Waals surface area contributed by atoms with Gasteiger partial charge in [0.25, 0.3) is 5.91 Å². The van der Waals surface area contributed by atoms with Gasteiger partial charge in [-0.25, -0.2) is 0 Å². The van der Waals surface area contributed by atoms with Crippen LogP contribution in [0.4, 0.5) is 0 Å². The number of nitrogens with one attached hydrogen (secondary N) is 1. The van der Waals surface area contributed by atoms with E-state index in [1.54, 1.807) is 17.0 Å². The van der Waals surface area contributed by atoms with Gasteiger partial charge in [-0.1, -0.05) is 29.6 Å². The molecule has 0 radical (unpaired) electrons. The number of nitrogens with zero attached hydrogens (tertiary/aromatic N) is 1. The highest BCUT2D eigenvalue weighted by Crippen LogP contribution is 2.28. The zero-order valence-electron chi connectivity index (χ0n) is 12.4. The molecule has 6 heteroatoms. The first-order valence-corrected chi connectivity index (χ1v) is 8.26. The van der Waals surface area contributed by atoms with Crippen molar-refractivity contribution >= 4 is 35.0 Å². The first kappa shape index (κ1) is 15.6. The molecule has 1 N–H and O–H groups in total. The van der Waals surface area contributed by atoms with Crippen molar-refractivity contribution in [2.24, 2.45) is 5.92 Å². The lowest BCUT2D eigenvalue weighted by Gasteiger charge is -2.27. The first-order valence-electron chi connectivity index (χ1n) is 7.51. The van der Waals surface area contributed by atoms with E-state index in [4.69, 9.17) is 23.2 Å². The Morgan fingerprint density at radius 2 is 1.91 bits per heavy atom. The quantitative estimate of drug-likeness (QED) is 0.854. The zero-order valence-corrected chi connectivity index (χ0v) is 13.9. The summed E-state index contributed by atoms with van der Waals surface area (Å²) in [4.78, 5) is 26.6. The molecule has 1 aromatic carbocycles. The van der Waals surface area contributed by atoms with Gasteiger partial charge in [-0.15, -0.1) is 0 Å². The summed E-state index contributed by atoms with van der Waals surface area (Å²) in [6.45, 7) is 2.83. The lowest BCUT2D eigenvalue weighted by atomic mass is 9.98. The summed E-state index contributed by atoms with van der Waals surface area (Å²) in [5.74, 6) is -0.164. The van der Waals surface area contributed by atoms with Gasteiger partial charge in [0.1, 0.15) is 0 Å². The van der Waals surface area contributed by atoms with Crippen LogP contribution < -0.4 is 5.32 Å². The number of amides is 2. The number of carbonyl (C=O) groups excluding carboxylic acids is 2. The zero-order chi connectivity index (χ0) is 15.9. The molecular weight excluding hydrogens is 323 g/mol. The number of carbonyl (C=O) groups is 2. The minimum Gasteiger partial charge on any atom is -0.351 e. The van der Waals surface area contributed by atoms with Crippen molar-refractivity contribution in [1.29, 1.82) is 0 Å². The van der Waals surface area contributed by atoms with E-state index in [-0.39, 0.29) is 23.8 Å². The van der Waals surface area contributed by atoms with E-state index in [0.29, 0.717) is 28.7 Å². The van der Waals surface area contributed by atoms with E-state index < -0.39 is 0 Å². The lowest BCUT2D eigenvalue weighted by molar-refractivity contribution is -0.124. The average Bonchev–Trinajstić information content (AvgIpc) is 2.71. The van der Waals surface area contributed by atoms with Crippen LogP contribution in [0.25, 0.3) is 0 Å². The Morgan fingerprint density at radius 1 is 1.23 bits per heavy atom. The molecule has 2 fully saturated rings. The Labute approximate surface area is 139 Å². The molecule has 2 atom stereocenters. The fraction of sp³-hybridized carbons (Fsp3) is 0.500. The fourth-order valence-electron chi connectivity index (χ4n) is 3.17. The molecule has 0 aromatic heterocycles. The van der Waals surface area contributed by atoms with Crippen LogP contribution in [-0.4, -0.2) is 35.8 Å². The molecule has 2 aliphatic heterocycles. The molecule has 1 aromatic rings. The van der Waals surface area contributed by atoms with Gasteiger partial charge in [-0.3, -0.25) is 9.59 Å². The fourth-order valence-corrected chi connectivity index (χ4v) is 3.65. The van der Waals surface area contributed by atoms with Gasteiger partial charge in [0.2, 0.25) is 5.91 Å². The second-order valence-electron chi connectivity index (χ2n) is 6.11. The van der Waals surface area contributed by atoms with Gasteiger partial charge in [0, 0.05) is 34.7 Å². The summed E-state index contributed by atoms with van der Waals surface area (Å²) < 4.78 is 0. The smallest absolute Gasteiger partial charge is 0.254 e. The molecule has 2 aliphatic rings. The van der Waals surface area contributed by atoms with Gasteiger partial charge in [0.15, 0.2) is 0 Å². The number of benzene rings is 1. The maximum absolute atomic E-state index is 12.8. The van der Waals surface area contributed by atoms with Crippen LogP contribution in [0.3, 0.4) is 0 Å². The maximum Gasteiger partial charge on any atom is 0.254 e. The second kappa shape index (κ2) is 6.09. The van der Waals surface area contributed by atoms with Crippen LogP contribution in [0.15, 0.2) is 12.1 Å². The van der Waals surface area contributed by atoms with Crippen molar-refractivity contribution in [3.05, 3.63) is 33.3 Å². The van der Waals surface area contributed by atoms with Crippen molar-refractivity contribution < 1.29 is 9.59 Å². The van der Waals surface area contributed by atoms with E-state index in [1.165, 1.54) is 0 Å². The number of halogens is 2. The summed E-state index contributed by atoms with van der Waals surface area (Å²) in [5.41, 5.74) is 1.25. The van der Waals surface area contributed by atoms with Crippen LogP contribution in [0.1, 0.15) is 35.2 Å². The minimum atomic E-state index is -0.118. The SMILES string of the molecule is Cc1c(Cl)cc(C(=O)N2C[C@@H]3CCC[C@@H](C2)C(=O)N3)cc1Cl. The Morgan fingerprint density at radius 3 is 2.59 bits per heavy atom. The third kappa shape index (κ3) is 2.95. The molecule has 4 nitrogen and oxygen atoms in total. The third-order valence-electron chi connectivity index (χ3n) is 4.52. The van der Waals surface area contributed by atoms with Gasteiger partial charge in [-0.05, 0) is 37.5 Å². The van der Waals surface area contributed by atoms with Crippen molar-refractivity contribution in [2.45, 2.75) is 32.2 Å². The Bertz CT molecular complexity index is 610. The van der Waals surface area contributed by atoms with E-state index in [0.717, 1.165) is 24.8 Å². The Hall–Kier alpha value is -1.26. The maximum atomic E-state index is 12.8. The molecule has 2 bridgehead atoms. The molecule has 0 saturated carbocycles. The molecule has 2 heterocycles. The predicted octanol–water partition coefficient (Wildman–Crippen LogP) is 3.04. The topological polar surface area (TPSA) is 49.4 Å². The van der Waals surface area contributed by atoms with Gasteiger partial charge in [0.05, 0.1) is 5.92 Å². The first-order chi connectivity index (χ1) is 10.5. The van der Waals surface area contributed by atoms with Crippen molar-refractivity contribution in [3.63, 3.8) is 0 Å². The molecule has 0 aliphatic carbocycles. The van der Waals surface area contributed by atoms with Crippen LogP contribution in [0, 0.1) is 12.8 Å². The molecule has 2 saturated heterocycles. The molecule has 118 valence electrons. The highest BCUT2D eigenvalue weighted by atomic mass is 35.5. The monoisotopic (exact) mass is 340 g/mol. The second-order valence-corrected chi connectivity index (χ2v) is 6.92. The standard InChI is InChI=1S/C16H18Cl2N2O2/c1-9-13(17)5-11(6-14(9)18)16(22)20-7-10-3-2-4-12(8-20)19-15(10)21/h5-6,10,12H,2-4,7-8H2,1H3,(H,19,21)/t10-,12-/m0/s1. The number of fused-ring (bicyclic) bond motifs is 3. The van der Waals surface area contributed by atoms with Gasteiger partial charge >= 0.3 is 0 Å². The van der Waals surface area contributed by atoms with Crippen LogP contribution in [-0.2, 0) is 4.79 Å². The highest BCUT2D eigenvalue weighted by molar-refractivity contribution is 6.36.